The van der Waals surface area contributed by atoms with Crippen molar-refractivity contribution in [2.45, 2.75) is 104 Å². The number of benzene rings is 2. The van der Waals surface area contributed by atoms with E-state index in [-0.39, 0.29) is 23.7 Å². The highest BCUT2D eigenvalue weighted by Gasteiger charge is 2.35. The first kappa shape index (κ1) is 43.4. The Labute approximate surface area is 357 Å². The lowest BCUT2D eigenvalue weighted by Crippen LogP contribution is -2.53. The Morgan fingerprint density at radius 2 is 1.16 bits per heavy atom. The van der Waals surface area contributed by atoms with Crippen LogP contribution in [0.3, 0.4) is 0 Å². The first-order valence-electron chi connectivity index (χ1n) is 21.8. The van der Waals surface area contributed by atoms with Crippen molar-refractivity contribution >= 4 is 24.0 Å². The van der Waals surface area contributed by atoms with Gasteiger partial charge in [0, 0.05) is 37.4 Å². The second-order valence-corrected chi connectivity index (χ2v) is 16.8. The van der Waals surface area contributed by atoms with Crippen LogP contribution < -0.4 is 10.6 Å². The van der Waals surface area contributed by atoms with Crippen LogP contribution in [0.5, 0.6) is 0 Å². The van der Waals surface area contributed by atoms with Crippen LogP contribution in [-0.2, 0) is 62.6 Å². The summed E-state index contributed by atoms with van der Waals surface area (Å²) in [6.07, 6.45) is 9.00. The SMILES string of the molecule is CCCN(Cc1ncc(-c2cc3c4c(c2)CCc2cc(-c5cnc(CN(CCC)C(=O)[C@@H](NC(=O)OC)C6CCOCC6)[nH]5)cc(c2-4)CC3)[nH]1)C(=O)[C@@H](NC(=O)OC)C(C)C. The Kier molecular flexibility index (Phi) is 13.8. The molecule has 326 valence electrons. The van der Waals surface area contributed by atoms with Crippen LogP contribution in [0.4, 0.5) is 9.59 Å². The van der Waals surface area contributed by atoms with Gasteiger partial charge in [0.2, 0.25) is 11.8 Å². The molecule has 1 fully saturated rings. The molecule has 0 saturated carbocycles. The molecule has 2 atom stereocenters. The predicted molar refractivity (Wildman–Crippen MR) is 230 cm³/mol. The maximum Gasteiger partial charge on any atom is 0.407 e. The molecule has 4 amide bonds. The molecule has 0 unspecified atom stereocenters. The normalized spacial score (nSPS) is 15.4. The summed E-state index contributed by atoms with van der Waals surface area (Å²) in [6, 6.07) is 7.73. The summed E-state index contributed by atoms with van der Waals surface area (Å²) in [5, 5.41) is 5.52. The molecule has 15 nitrogen and oxygen atoms in total. The molecule has 4 aromatic rings. The summed E-state index contributed by atoms with van der Waals surface area (Å²) in [4.78, 5) is 71.9. The standard InChI is InChI=1S/C46H60N8O7/c1-7-15-53(43(55)41(27(3)4)51-45(57)59-5)25-37-47-23-35(49-37)33-19-29-9-11-31-21-34(22-32-12-10-30(20-33)39(29)40(31)32)36-24-48-38(50-36)26-54(16-8-2)44(56)42(52-46(58)60-6)28-13-17-61-18-14-28/h19-24,27-28,41-42H,7-18,25-26H2,1-6H3,(H,47,49)(H,48,50)(H,51,57)(H,52,58)/t41-,42-/m0/s1. The second kappa shape index (κ2) is 19.3. The largest absolute Gasteiger partial charge is 0.453 e. The fourth-order valence-corrected chi connectivity index (χ4v) is 9.14. The van der Waals surface area contributed by atoms with E-state index in [9.17, 15) is 19.2 Å². The lowest BCUT2D eigenvalue weighted by atomic mass is 9.74. The molecular formula is C46H60N8O7. The summed E-state index contributed by atoms with van der Waals surface area (Å²) < 4.78 is 15.2. The first-order valence-corrected chi connectivity index (χ1v) is 21.8. The number of amides is 4. The van der Waals surface area contributed by atoms with E-state index >= 15 is 0 Å². The Morgan fingerprint density at radius 1 is 0.721 bits per heavy atom. The Hall–Kier alpha value is -5.70. The Morgan fingerprint density at radius 3 is 1.59 bits per heavy atom. The van der Waals surface area contributed by atoms with Crippen molar-refractivity contribution in [2.75, 3.05) is 40.5 Å². The Bertz CT molecular complexity index is 2170. The number of aromatic amines is 2. The number of hydrogen-bond acceptors (Lipinski definition) is 9. The molecule has 61 heavy (non-hydrogen) atoms. The van der Waals surface area contributed by atoms with Crippen LogP contribution in [0.1, 0.15) is 87.3 Å². The van der Waals surface area contributed by atoms with Crippen molar-refractivity contribution in [1.82, 2.24) is 40.4 Å². The molecule has 3 aliphatic rings. The van der Waals surface area contributed by atoms with Crippen molar-refractivity contribution in [2.24, 2.45) is 11.8 Å². The van der Waals surface area contributed by atoms with E-state index in [2.05, 4.69) is 44.9 Å². The van der Waals surface area contributed by atoms with Crippen LogP contribution >= 0.6 is 0 Å². The smallest absolute Gasteiger partial charge is 0.407 e. The van der Waals surface area contributed by atoms with Crippen LogP contribution in [0.15, 0.2) is 36.7 Å². The first-order chi connectivity index (χ1) is 29.5. The molecule has 3 heterocycles. The minimum Gasteiger partial charge on any atom is -0.453 e. The number of carbonyl (C=O) groups excluding carboxylic acids is 4. The lowest BCUT2D eigenvalue weighted by molar-refractivity contribution is -0.136. The molecule has 15 heteroatoms. The third kappa shape index (κ3) is 9.61. The van der Waals surface area contributed by atoms with Crippen LogP contribution in [0.2, 0.25) is 0 Å². The zero-order chi connectivity index (χ0) is 43.2. The van der Waals surface area contributed by atoms with Crippen LogP contribution in [0.25, 0.3) is 33.6 Å². The predicted octanol–water partition coefficient (Wildman–Crippen LogP) is 6.34. The molecule has 0 bridgehead atoms. The third-order valence-corrected chi connectivity index (χ3v) is 12.2. The average Bonchev–Trinajstić information content (AvgIpc) is 3.95. The van der Waals surface area contributed by atoms with Gasteiger partial charge in [-0.15, -0.1) is 0 Å². The number of rotatable bonds is 16. The van der Waals surface area contributed by atoms with Gasteiger partial charge in [-0.05, 0) is 121 Å². The number of hydrogen-bond donors (Lipinski definition) is 4. The number of imidazole rings is 2. The van der Waals surface area contributed by atoms with Crippen molar-refractivity contribution in [1.29, 1.82) is 0 Å². The van der Waals surface area contributed by atoms with E-state index in [1.807, 2.05) is 40.1 Å². The summed E-state index contributed by atoms with van der Waals surface area (Å²) >= 11 is 0. The van der Waals surface area contributed by atoms with E-state index in [1.165, 1.54) is 47.6 Å². The number of methoxy groups -OCH3 is 2. The maximum atomic E-state index is 14.0. The van der Waals surface area contributed by atoms with E-state index in [0.29, 0.717) is 63.9 Å². The third-order valence-electron chi connectivity index (χ3n) is 12.2. The van der Waals surface area contributed by atoms with Gasteiger partial charge in [-0.1, -0.05) is 27.7 Å². The van der Waals surface area contributed by atoms with Gasteiger partial charge in [0.1, 0.15) is 23.7 Å². The number of carbonyl (C=O) groups is 4. The van der Waals surface area contributed by atoms with Crippen LogP contribution in [0, 0.1) is 11.8 Å². The monoisotopic (exact) mass is 836 g/mol. The van der Waals surface area contributed by atoms with Gasteiger partial charge in [0.15, 0.2) is 0 Å². The van der Waals surface area contributed by atoms with Crippen LogP contribution in [-0.4, -0.2) is 106 Å². The zero-order valence-electron chi connectivity index (χ0n) is 36.3. The van der Waals surface area contributed by atoms with Gasteiger partial charge in [-0.3, -0.25) is 9.59 Å². The minimum atomic E-state index is -0.707. The van der Waals surface area contributed by atoms with E-state index in [0.717, 1.165) is 61.0 Å². The molecule has 4 N–H and O–H groups in total. The molecule has 2 aromatic heterocycles. The molecule has 1 saturated heterocycles. The quantitative estimate of drug-likeness (QED) is 0.100. The molecule has 0 radical (unpaired) electrons. The molecular weight excluding hydrogens is 777 g/mol. The molecule has 2 aromatic carbocycles. The number of aryl methyl sites for hydroxylation is 4. The Balaban J connectivity index is 1.08. The van der Waals surface area contributed by atoms with Crippen molar-refractivity contribution < 1.29 is 33.4 Å². The zero-order valence-corrected chi connectivity index (χ0v) is 36.3. The molecule has 7 rings (SSSR count). The maximum absolute atomic E-state index is 14.0. The molecule has 0 spiro atoms. The second-order valence-electron chi connectivity index (χ2n) is 16.8. The minimum absolute atomic E-state index is 0.0388. The number of nitrogens with zero attached hydrogens (tertiary/aromatic N) is 4. The van der Waals surface area contributed by atoms with Gasteiger partial charge in [-0.2, -0.15) is 0 Å². The fourth-order valence-electron chi connectivity index (χ4n) is 9.14. The molecule has 2 aliphatic carbocycles. The highest BCUT2D eigenvalue weighted by Crippen LogP contribution is 2.45. The number of H-pyrrole nitrogens is 2. The summed E-state index contributed by atoms with van der Waals surface area (Å²) in [7, 11) is 2.60. The summed E-state index contributed by atoms with van der Waals surface area (Å²) in [5.74, 6) is 0.910. The van der Waals surface area contributed by atoms with E-state index in [1.54, 1.807) is 9.80 Å². The average molecular weight is 837 g/mol. The van der Waals surface area contributed by atoms with Crippen molar-refractivity contribution in [3.05, 3.63) is 70.6 Å². The lowest BCUT2D eigenvalue weighted by Gasteiger charge is -2.33. The van der Waals surface area contributed by atoms with Gasteiger partial charge in [0.05, 0.1) is 51.1 Å². The number of aromatic nitrogens is 4. The number of ether oxygens (including phenoxy) is 3. The van der Waals surface area contributed by atoms with E-state index < -0.39 is 24.3 Å². The van der Waals surface area contributed by atoms with Gasteiger partial charge in [0.25, 0.3) is 0 Å². The van der Waals surface area contributed by atoms with E-state index in [4.69, 9.17) is 24.2 Å². The van der Waals surface area contributed by atoms with Crippen molar-refractivity contribution in [3.8, 4) is 33.6 Å². The topological polar surface area (TPSA) is 184 Å². The van der Waals surface area contributed by atoms with Crippen molar-refractivity contribution in [3.63, 3.8) is 0 Å². The highest BCUT2D eigenvalue weighted by atomic mass is 16.5. The number of alkyl carbamates (subject to hydrolysis) is 2. The summed E-state index contributed by atoms with van der Waals surface area (Å²) in [6.45, 7) is 10.6. The van der Waals surface area contributed by atoms with Gasteiger partial charge < -0.3 is 44.6 Å². The number of nitrogens with one attached hydrogen (secondary N) is 4. The summed E-state index contributed by atoms with van der Waals surface area (Å²) in [5.41, 5.74) is 12.0. The molecule has 1 aliphatic heterocycles. The van der Waals surface area contributed by atoms with Gasteiger partial charge >= 0.3 is 12.2 Å². The fraction of sp³-hybridized carbons (Fsp3) is 0.522. The highest BCUT2D eigenvalue weighted by molar-refractivity contribution is 5.88. The van der Waals surface area contributed by atoms with Gasteiger partial charge in [-0.25, -0.2) is 19.6 Å².